The Morgan fingerprint density at radius 1 is 0.917 bits per heavy atom. The van der Waals surface area contributed by atoms with Crippen LogP contribution in [0.1, 0.15) is 0 Å². The summed E-state index contributed by atoms with van der Waals surface area (Å²) < 4.78 is 0. The Balaban J connectivity index is 2.90. The number of rotatable bonds is 4. The van der Waals surface area contributed by atoms with E-state index in [1.165, 1.54) is 0 Å². The van der Waals surface area contributed by atoms with Crippen LogP contribution in [0.2, 0.25) is 0 Å². The number of anilines is 2. The van der Waals surface area contributed by atoms with Crippen LogP contribution in [0.5, 0.6) is 0 Å². The van der Waals surface area contributed by atoms with Gasteiger partial charge in [-0.3, -0.25) is 9.59 Å². The Morgan fingerprint density at radius 3 is 1.67 bits per heavy atom. The largest absolute Gasteiger partial charge is 0.327 e. The van der Waals surface area contributed by atoms with Gasteiger partial charge in [0.15, 0.2) is 0 Å². The number of hydrogen-bond donors (Lipinski definition) is 2. The van der Waals surface area contributed by atoms with Crippen LogP contribution in [0.15, 0.2) is 24.3 Å². The van der Waals surface area contributed by atoms with Crippen LogP contribution in [-0.4, -0.2) is 12.8 Å². The summed E-state index contributed by atoms with van der Waals surface area (Å²) in [4.78, 5) is 20.2. The monoisotopic (exact) mass is 164 g/mol. The van der Waals surface area contributed by atoms with E-state index in [-0.39, 0.29) is 0 Å². The summed E-state index contributed by atoms with van der Waals surface area (Å²) in [5.74, 6) is 0. The molecule has 4 heteroatoms. The number of hydrogen-bond acceptors (Lipinski definition) is 2. The first-order valence-corrected chi connectivity index (χ1v) is 3.38. The van der Waals surface area contributed by atoms with Crippen LogP contribution in [0.25, 0.3) is 0 Å². The Hall–Kier alpha value is -1.84. The average molecular weight is 164 g/mol. The highest BCUT2D eigenvalue weighted by molar-refractivity contribution is 5.86. The highest BCUT2D eigenvalue weighted by Crippen LogP contribution is 2.18. The van der Waals surface area contributed by atoms with E-state index < -0.39 is 0 Å². The average Bonchev–Trinajstić information content (AvgIpc) is 2.09. The smallest absolute Gasteiger partial charge is 0.211 e. The van der Waals surface area contributed by atoms with Crippen molar-refractivity contribution in [3.05, 3.63) is 24.3 Å². The van der Waals surface area contributed by atoms with Crippen molar-refractivity contribution in [1.82, 2.24) is 0 Å². The third-order valence-corrected chi connectivity index (χ3v) is 1.36. The molecule has 0 saturated carbocycles. The summed E-state index contributed by atoms with van der Waals surface area (Å²) in [6.45, 7) is 0. The van der Waals surface area contributed by atoms with E-state index >= 15 is 0 Å². The molecule has 0 radical (unpaired) electrons. The zero-order chi connectivity index (χ0) is 8.81. The van der Waals surface area contributed by atoms with Gasteiger partial charge in [-0.25, -0.2) is 0 Å². The van der Waals surface area contributed by atoms with Crippen molar-refractivity contribution in [2.24, 2.45) is 0 Å². The lowest BCUT2D eigenvalue weighted by Gasteiger charge is -2.04. The van der Waals surface area contributed by atoms with Gasteiger partial charge in [0.1, 0.15) is 0 Å². The van der Waals surface area contributed by atoms with Crippen LogP contribution < -0.4 is 10.6 Å². The number of amides is 2. The standard InChI is InChI=1S/C8H8N2O2/c11-5-9-7-3-1-2-4-8(7)10-6-12/h1-6H,(H,9,11)(H,10,12). The minimum atomic E-state index is 0.561. The van der Waals surface area contributed by atoms with E-state index in [4.69, 9.17) is 0 Å². The molecule has 1 aromatic rings. The second-order valence-corrected chi connectivity index (χ2v) is 2.07. The molecule has 0 fully saturated rings. The summed E-state index contributed by atoms with van der Waals surface area (Å²) in [5.41, 5.74) is 1.17. The van der Waals surface area contributed by atoms with Crippen molar-refractivity contribution in [3.63, 3.8) is 0 Å². The van der Waals surface area contributed by atoms with Crippen LogP contribution in [-0.2, 0) is 9.59 Å². The van der Waals surface area contributed by atoms with Crippen LogP contribution >= 0.6 is 0 Å². The van der Waals surface area contributed by atoms with Gasteiger partial charge in [0, 0.05) is 0 Å². The van der Waals surface area contributed by atoms with Gasteiger partial charge in [0.25, 0.3) is 0 Å². The molecule has 4 nitrogen and oxygen atoms in total. The fraction of sp³-hybridized carbons (Fsp3) is 0. The molecular formula is C8H8N2O2. The lowest BCUT2D eigenvalue weighted by atomic mass is 10.2. The number of carbonyl (C=O) groups excluding carboxylic acids is 2. The minimum Gasteiger partial charge on any atom is -0.327 e. The maximum atomic E-state index is 10.1. The first-order chi connectivity index (χ1) is 5.88. The maximum absolute atomic E-state index is 10.1. The highest BCUT2D eigenvalue weighted by atomic mass is 16.1. The first-order valence-electron chi connectivity index (χ1n) is 3.38. The molecule has 0 heterocycles. The summed E-state index contributed by atoms with van der Waals surface area (Å²) in [6, 6.07) is 6.92. The van der Waals surface area contributed by atoms with Gasteiger partial charge in [-0.1, -0.05) is 12.1 Å². The molecule has 0 aliphatic rings. The van der Waals surface area contributed by atoms with Crippen molar-refractivity contribution in [2.75, 3.05) is 10.6 Å². The normalized spacial score (nSPS) is 8.67. The Bertz CT molecular complexity index is 257. The van der Waals surface area contributed by atoms with Gasteiger partial charge < -0.3 is 10.6 Å². The van der Waals surface area contributed by atoms with Crippen molar-refractivity contribution in [2.45, 2.75) is 0 Å². The quantitative estimate of drug-likeness (QED) is 0.647. The lowest BCUT2D eigenvalue weighted by molar-refractivity contribution is -0.106. The SMILES string of the molecule is O=CNc1ccccc1NC=O. The molecule has 0 aromatic heterocycles. The Kier molecular flexibility index (Phi) is 2.84. The Labute approximate surface area is 69.6 Å². The topological polar surface area (TPSA) is 58.2 Å². The van der Waals surface area contributed by atoms with Gasteiger partial charge in [-0.05, 0) is 12.1 Å². The van der Waals surface area contributed by atoms with E-state index in [0.29, 0.717) is 24.2 Å². The molecule has 1 rings (SSSR count). The third-order valence-electron chi connectivity index (χ3n) is 1.36. The summed E-state index contributed by atoms with van der Waals surface area (Å²) in [6.07, 6.45) is 1.12. The molecule has 12 heavy (non-hydrogen) atoms. The zero-order valence-corrected chi connectivity index (χ0v) is 6.28. The maximum Gasteiger partial charge on any atom is 0.211 e. The number of para-hydroxylation sites is 2. The summed E-state index contributed by atoms with van der Waals surface area (Å²) >= 11 is 0. The van der Waals surface area contributed by atoms with Crippen LogP contribution in [0.3, 0.4) is 0 Å². The molecule has 2 amide bonds. The van der Waals surface area contributed by atoms with Crippen LogP contribution in [0, 0.1) is 0 Å². The number of carbonyl (C=O) groups is 2. The van der Waals surface area contributed by atoms with Crippen LogP contribution in [0.4, 0.5) is 11.4 Å². The predicted molar refractivity (Wildman–Crippen MR) is 45.8 cm³/mol. The second-order valence-electron chi connectivity index (χ2n) is 2.07. The van der Waals surface area contributed by atoms with Gasteiger partial charge >= 0.3 is 0 Å². The van der Waals surface area contributed by atoms with E-state index in [0.717, 1.165) is 0 Å². The fourth-order valence-electron chi connectivity index (χ4n) is 0.862. The molecular weight excluding hydrogens is 156 g/mol. The van der Waals surface area contributed by atoms with E-state index in [1.807, 2.05) is 0 Å². The molecule has 2 N–H and O–H groups in total. The summed E-state index contributed by atoms with van der Waals surface area (Å²) in [7, 11) is 0. The Morgan fingerprint density at radius 2 is 1.33 bits per heavy atom. The predicted octanol–water partition coefficient (Wildman–Crippen LogP) is 0.823. The lowest BCUT2D eigenvalue weighted by Crippen LogP contribution is -2.00. The van der Waals surface area contributed by atoms with Crippen molar-refractivity contribution >= 4 is 24.2 Å². The van der Waals surface area contributed by atoms with Gasteiger partial charge in [0.05, 0.1) is 11.4 Å². The van der Waals surface area contributed by atoms with Gasteiger partial charge in [-0.15, -0.1) is 0 Å². The van der Waals surface area contributed by atoms with Crippen molar-refractivity contribution in [1.29, 1.82) is 0 Å². The number of benzene rings is 1. The number of nitrogens with one attached hydrogen (secondary N) is 2. The second kappa shape index (κ2) is 4.12. The molecule has 0 atom stereocenters. The fourth-order valence-corrected chi connectivity index (χ4v) is 0.862. The minimum absolute atomic E-state index is 0.561. The molecule has 0 aliphatic carbocycles. The van der Waals surface area contributed by atoms with Crippen molar-refractivity contribution < 1.29 is 9.59 Å². The molecule has 0 spiro atoms. The molecule has 62 valence electrons. The first kappa shape index (κ1) is 8.26. The molecule has 1 aromatic carbocycles. The molecule has 0 saturated heterocycles. The van der Waals surface area contributed by atoms with E-state index in [1.54, 1.807) is 24.3 Å². The molecule has 0 aliphatic heterocycles. The summed E-state index contributed by atoms with van der Waals surface area (Å²) in [5, 5.41) is 4.92. The highest BCUT2D eigenvalue weighted by Gasteiger charge is 1.96. The third kappa shape index (κ3) is 1.82. The van der Waals surface area contributed by atoms with E-state index in [2.05, 4.69) is 10.6 Å². The zero-order valence-electron chi connectivity index (χ0n) is 6.28. The van der Waals surface area contributed by atoms with E-state index in [9.17, 15) is 9.59 Å². The molecule has 0 unspecified atom stereocenters. The van der Waals surface area contributed by atoms with Gasteiger partial charge in [0.2, 0.25) is 12.8 Å². The molecule has 0 bridgehead atoms. The van der Waals surface area contributed by atoms with Gasteiger partial charge in [-0.2, -0.15) is 0 Å². The van der Waals surface area contributed by atoms with Crippen molar-refractivity contribution in [3.8, 4) is 0 Å².